The van der Waals surface area contributed by atoms with Gasteiger partial charge < -0.3 is 20.6 Å². The average molecular weight is 257 g/mol. The van der Waals surface area contributed by atoms with E-state index in [2.05, 4.69) is 22.6 Å². The number of amides is 2. The van der Waals surface area contributed by atoms with Gasteiger partial charge in [-0.25, -0.2) is 4.79 Å². The highest BCUT2D eigenvalue weighted by Crippen LogP contribution is 2.13. The van der Waals surface area contributed by atoms with Gasteiger partial charge >= 0.3 is 12.0 Å². The summed E-state index contributed by atoms with van der Waals surface area (Å²) in [5.41, 5.74) is 0. The fourth-order valence-corrected chi connectivity index (χ4v) is 2.15. The number of urea groups is 1. The third kappa shape index (κ3) is 5.35. The summed E-state index contributed by atoms with van der Waals surface area (Å²) >= 11 is 0. The molecule has 3 N–H and O–H groups in total. The van der Waals surface area contributed by atoms with Crippen LogP contribution in [0.25, 0.3) is 0 Å². The highest BCUT2D eigenvalue weighted by Gasteiger charge is 2.21. The maximum atomic E-state index is 11.5. The van der Waals surface area contributed by atoms with Crippen LogP contribution < -0.4 is 10.6 Å². The molecule has 0 saturated carbocycles. The van der Waals surface area contributed by atoms with Gasteiger partial charge in [0.2, 0.25) is 0 Å². The van der Waals surface area contributed by atoms with Gasteiger partial charge in [0.15, 0.2) is 0 Å². The van der Waals surface area contributed by atoms with Crippen LogP contribution in [0, 0.1) is 5.92 Å². The van der Waals surface area contributed by atoms with E-state index in [9.17, 15) is 9.59 Å². The molecule has 0 aromatic heterocycles. The molecule has 1 aliphatic heterocycles. The van der Waals surface area contributed by atoms with Crippen molar-refractivity contribution >= 4 is 12.0 Å². The van der Waals surface area contributed by atoms with Gasteiger partial charge in [0.05, 0.1) is 0 Å². The number of hydrogen-bond acceptors (Lipinski definition) is 3. The van der Waals surface area contributed by atoms with Gasteiger partial charge in [0.1, 0.15) is 0 Å². The number of nitrogens with one attached hydrogen (secondary N) is 2. The molecule has 0 radical (unpaired) electrons. The molecule has 0 bridgehead atoms. The SMILES string of the molecule is CC(CNC(=O)NCC1CCCN1C)CC(=O)O. The van der Waals surface area contributed by atoms with Crippen molar-refractivity contribution in [1.82, 2.24) is 15.5 Å². The zero-order valence-corrected chi connectivity index (χ0v) is 11.1. The van der Waals surface area contributed by atoms with Gasteiger partial charge in [0, 0.05) is 25.6 Å². The zero-order chi connectivity index (χ0) is 13.5. The largest absolute Gasteiger partial charge is 0.481 e. The molecule has 1 rings (SSSR count). The minimum absolute atomic E-state index is 0.0533. The highest BCUT2D eigenvalue weighted by molar-refractivity contribution is 5.74. The lowest BCUT2D eigenvalue weighted by molar-refractivity contribution is -0.137. The second-order valence-electron chi connectivity index (χ2n) is 5.07. The van der Waals surface area contributed by atoms with Crippen LogP contribution in [-0.2, 0) is 4.79 Å². The van der Waals surface area contributed by atoms with Crippen LogP contribution in [0.4, 0.5) is 4.79 Å². The van der Waals surface area contributed by atoms with Crippen LogP contribution in [0.2, 0.25) is 0 Å². The van der Waals surface area contributed by atoms with E-state index in [1.807, 2.05) is 0 Å². The number of carbonyl (C=O) groups excluding carboxylic acids is 1. The predicted octanol–water partition coefficient (Wildman–Crippen LogP) is 0.491. The number of carboxylic acid groups (broad SMARTS) is 1. The van der Waals surface area contributed by atoms with Crippen LogP contribution in [0.3, 0.4) is 0 Å². The summed E-state index contributed by atoms with van der Waals surface area (Å²) in [4.78, 5) is 24.2. The van der Waals surface area contributed by atoms with Crippen molar-refractivity contribution in [2.45, 2.75) is 32.2 Å². The molecule has 1 saturated heterocycles. The number of carbonyl (C=O) groups is 2. The smallest absolute Gasteiger partial charge is 0.314 e. The molecule has 2 atom stereocenters. The van der Waals surface area contributed by atoms with Crippen molar-refractivity contribution in [3.63, 3.8) is 0 Å². The molecule has 0 aromatic carbocycles. The fourth-order valence-electron chi connectivity index (χ4n) is 2.15. The molecular formula is C12H23N3O3. The fraction of sp³-hybridized carbons (Fsp3) is 0.833. The van der Waals surface area contributed by atoms with Crippen LogP contribution in [0.15, 0.2) is 0 Å². The first-order valence-corrected chi connectivity index (χ1v) is 6.42. The number of nitrogens with zero attached hydrogens (tertiary/aromatic N) is 1. The highest BCUT2D eigenvalue weighted by atomic mass is 16.4. The monoisotopic (exact) mass is 257 g/mol. The topological polar surface area (TPSA) is 81.7 Å². The molecule has 0 aromatic rings. The molecule has 6 nitrogen and oxygen atoms in total. The first-order chi connectivity index (χ1) is 8.49. The Morgan fingerprint density at radius 3 is 2.72 bits per heavy atom. The molecule has 1 aliphatic rings. The first-order valence-electron chi connectivity index (χ1n) is 6.42. The molecular weight excluding hydrogens is 234 g/mol. The predicted molar refractivity (Wildman–Crippen MR) is 68.5 cm³/mol. The standard InChI is InChI=1S/C12H23N3O3/c1-9(6-11(16)17)7-13-12(18)14-8-10-4-3-5-15(10)2/h9-10H,3-8H2,1-2H3,(H,16,17)(H2,13,14,18). The molecule has 18 heavy (non-hydrogen) atoms. The lowest BCUT2D eigenvalue weighted by Gasteiger charge is -2.20. The third-order valence-electron chi connectivity index (χ3n) is 3.30. The summed E-state index contributed by atoms with van der Waals surface area (Å²) in [5.74, 6) is -0.889. The summed E-state index contributed by atoms with van der Waals surface area (Å²) in [6.07, 6.45) is 2.37. The Balaban J connectivity index is 2.12. The number of carboxylic acids is 1. The molecule has 0 aliphatic carbocycles. The summed E-state index contributed by atoms with van der Waals surface area (Å²) in [6.45, 7) is 3.93. The van der Waals surface area contributed by atoms with E-state index >= 15 is 0 Å². The maximum Gasteiger partial charge on any atom is 0.314 e. The van der Waals surface area contributed by atoms with Gasteiger partial charge in [0.25, 0.3) is 0 Å². The van der Waals surface area contributed by atoms with Crippen LogP contribution >= 0.6 is 0 Å². The van der Waals surface area contributed by atoms with E-state index in [4.69, 9.17) is 5.11 Å². The van der Waals surface area contributed by atoms with E-state index in [1.165, 1.54) is 6.42 Å². The van der Waals surface area contributed by atoms with Gasteiger partial charge in [-0.2, -0.15) is 0 Å². The molecule has 2 amide bonds. The normalized spacial score (nSPS) is 21.6. The van der Waals surface area contributed by atoms with E-state index in [1.54, 1.807) is 6.92 Å². The van der Waals surface area contributed by atoms with Crippen molar-refractivity contribution in [3.05, 3.63) is 0 Å². The lowest BCUT2D eigenvalue weighted by atomic mass is 10.1. The summed E-state index contributed by atoms with van der Waals surface area (Å²) in [5, 5.41) is 14.1. The Labute approximate surface area is 108 Å². The zero-order valence-electron chi connectivity index (χ0n) is 11.1. The first kappa shape index (κ1) is 14.8. The minimum Gasteiger partial charge on any atom is -0.481 e. The third-order valence-corrected chi connectivity index (χ3v) is 3.30. The van der Waals surface area contributed by atoms with Gasteiger partial charge in [-0.05, 0) is 32.4 Å². The second-order valence-corrected chi connectivity index (χ2v) is 5.07. The van der Waals surface area contributed by atoms with Crippen molar-refractivity contribution < 1.29 is 14.7 Å². The summed E-state index contributed by atoms with van der Waals surface area (Å²) < 4.78 is 0. The van der Waals surface area contributed by atoms with Crippen molar-refractivity contribution in [1.29, 1.82) is 0 Å². The quantitative estimate of drug-likeness (QED) is 0.647. The molecule has 104 valence electrons. The van der Waals surface area contributed by atoms with Crippen LogP contribution in [-0.4, -0.2) is 54.7 Å². The minimum atomic E-state index is -0.836. The molecule has 2 unspecified atom stereocenters. The Morgan fingerprint density at radius 1 is 1.44 bits per heavy atom. The van der Waals surface area contributed by atoms with Gasteiger partial charge in [-0.1, -0.05) is 6.92 Å². The Hall–Kier alpha value is -1.30. The van der Waals surface area contributed by atoms with E-state index < -0.39 is 5.97 Å². The average Bonchev–Trinajstić information content (AvgIpc) is 2.68. The summed E-state index contributed by atoms with van der Waals surface area (Å²) in [7, 11) is 2.06. The Bertz CT molecular complexity index is 296. The Kier molecular flexibility index (Phi) is 5.91. The second kappa shape index (κ2) is 7.20. The van der Waals surface area contributed by atoms with E-state index in [0.717, 1.165) is 13.0 Å². The number of rotatable bonds is 6. The van der Waals surface area contributed by atoms with Crippen LogP contribution in [0.1, 0.15) is 26.2 Å². The van der Waals surface area contributed by atoms with Gasteiger partial charge in [-0.15, -0.1) is 0 Å². The Morgan fingerprint density at radius 2 is 2.17 bits per heavy atom. The molecule has 0 spiro atoms. The van der Waals surface area contributed by atoms with Crippen molar-refractivity contribution in [2.24, 2.45) is 5.92 Å². The number of likely N-dealkylation sites (tertiary alicyclic amines) is 1. The van der Waals surface area contributed by atoms with E-state index in [-0.39, 0.29) is 18.4 Å². The summed E-state index contributed by atoms with van der Waals surface area (Å²) in [6, 6.07) is 0.208. The number of likely N-dealkylation sites (N-methyl/N-ethyl adjacent to an activating group) is 1. The molecule has 1 heterocycles. The van der Waals surface area contributed by atoms with Gasteiger partial charge in [-0.3, -0.25) is 4.79 Å². The maximum absolute atomic E-state index is 11.5. The van der Waals surface area contributed by atoms with E-state index in [0.29, 0.717) is 19.1 Å². The van der Waals surface area contributed by atoms with Crippen molar-refractivity contribution in [3.8, 4) is 0 Å². The molecule has 6 heteroatoms. The van der Waals surface area contributed by atoms with Crippen molar-refractivity contribution in [2.75, 3.05) is 26.7 Å². The number of aliphatic carboxylic acids is 1. The molecule has 1 fully saturated rings. The number of hydrogen-bond donors (Lipinski definition) is 3. The van der Waals surface area contributed by atoms with Crippen LogP contribution in [0.5, 0.6) is 0 Å². The lowest BCUT2D eigenvalue weighted by Crippen LogP contribution is -2.44.